The van der Waals surface area contributed by atoms with Gasteiger partial charge in [-0.25, -0.2) is 9.97 Å². The molecule has 1 aromatic rings. The number of nitrogens with zero attached hydrogens (tertiary/aromatic N) is 4. The van der Waals surface area contributed by atoms with E-state index in [0.717, 1.165) is 31.9 Å². The summed E-state index contributed by atoms with van der Waals surface area (Å²) in [6.45, 7) is 3.68. The number of hydrogen-bond acceptors (Lipinski definition) is 4. The molecule has 0 bridgehead atoms. The number of likely N-dealkylation sites (tertiary alicyclic amines) is 1. The second-order valence-corrected chi connectivity index (χ2v) is 5.01. The number of rotatable bonds is 2. The lowest BCUT2D eigenvalue weighted by atomic mass is 10.1. The lowest BCUT2D eigenvalue weighted by Gasteiger charge is -2.18. The highest BCUT2D eigenvalue weighted by molar-refractivity contribution is 5.78. The molecule has 0 spiro atoms. The van der Waals surface area contributed by atoms with Gasteiger partial charge in [0, 0.05) is 51.4 Å². The molecule has 0 aliphatic carbocycles. The Morgan fingerprint density at radius 3 is 3.06 bits per heavy atom. The highest BCUT2D eigenvalue weighted by Gasteiger charge is 2.30. The summed E-state index contributed by atoms with van der Waals surface area (Å²) in [5, 5.41) is 0. The summed E-state index contributed by atoms with van der Waals surface area (Å²) in [7, 11) is 1.88. The molecule has 5 heteroatoms. The normalized spacial score (nSPS) is 24.4. The van der Waals surface area contributed by atoms with Gasteiger partial charge in [0.15, 0.2) is 0 Å². The fraction of sp³-hybridized carbons (Fsp3) is 0.583. The molecule has 1 atom stereocenters. The van der Waals surface area contributed by atoms with Crippen molar-refractivity contribution in [1.82, 2.24) is 19.8 Å². The molecule has 1 fully saturated rings. The van der Waals surface area contributed by atoms with Crippen molar-refractivity contribution in [2.75, 3.05) is 20.1 Å². The average Bonchev–Trinajstić information content (AvgIpc) is 2.83. The first-order valence-corrected chi connectivity index (χ1v) is 5.96. The van der Waals surface area contributed by atoms with Crippen LogP contribution >= 0.6 is 0 Å². The first-order chi connectivity index (χ1) is 8.22. The predicted octanol–water partition coefficient (Wildman–Crippen LogP) is 0.270. The molecule has 1 aromatic heterocycles. The Morgan fingerprint density at radius 2 is 2.35 bits per heavy atom. The number of carbonyl (C=O) groups excluding carboxylic acids is 1. The molecule has 1 unspecified atom stereocenters. The third kappa shape index (κ3) is 2.02. The summed E-state index contributed by atoms with van der Waals surface area (Å²) in [4.78, 5) is 24.0. The summed E-state index contributed by atoms with van der Waals surface area (Å²) in [6, 6.07) is 0. The molecule has 17 heavy (non-hydrogen) atoms. The van der Waals surface area contributed by atoms with E-state index in [-0.39, 0.29) is 5.91 Å². The van der Waals surface area contributed by atoms with Gasteiger partial charge in [0.25, 0.3) is 0 Å². The van der Waals surface area contributed by atoms with Crippen LogP contribution in [-0.2, 0) is 17.9 Å². The molecule has 1 amide bonds. The number of fused-ring (bicyclic) bond motifs is 1. The number of hydrogen-bond donors (Lipinski definition) is 0. The monoisotopic (exact) mass is 232 g/mol. The van der Waals surface area contributed by atoms with Gasteiger partial charge < -0.3 is 4.90 Å². The predicted molar refractivity (Wildman–Crippen MR) is 61.9 cm³/mol. The molecule has 1 saturated heterocycles. The topological polar surface area (TPSA) is 49.3 Å². The molecule has 90 valence electrons. The van der Waals surface area contributed by atoms with E-state index in [9.17, 15) is 4.79 Å². The van der Waals surface area contributed by atoms with E-state index in [1.165, 1.54) is 5.56 Å². The van der Waals surface area contributed by atoms with E-state index >= 15 is 0 Å². The maximum Gasteiger partial charge on any atom is 0.222 e. The minimum atomic E-state index is 0.270. The Morgan fingerprint density at radius 1 is 1.47 bits per heavy atom. The fourth-order valence-corrected chi connectivity index (χ4v) is 2.74. The second kappa shape index (κ2) is 4.07. The highest BCUT2D eigenvalue weighted by atomic mass is 16.2. The van der Waals surface area contributed by atoms with Gasteiger partial charge in [0.05, 0.1) is 5.69 Å². The van der Waals surface area contributed by atoms with Gasteiger partial charge in [0.2, 0.25) is 5.91 Å². The van der Waals surface area contributed by atoms with Crippen molar-refractivity contribution in [2.45, 2.75) is 19.5 Å². The van der Waals surface area contributed by atoms with E-state index < -0.39 is 0 Å². The molecule has 2 aliphatic heterocycles. The molecule has 3 rings (SSSR count). The van der Waals surface area contributed by atoms with Crippen molar-refractivity contribution in [2.24, 2.45) is 5.92 Å². The Kier molecular flexibility index (Phi) is 2.55. The van der Waals surface area contributed by atoms with E-state index in [4.69, 9.17) is 0 Å². The third-order valence-electron chi connectivity index (χ3n) is 3.59. The largest absolute Gasteiger partial charge is 0.345 e. The Labute approximate surface area is 100 Å². The van der Waals surface area contributed by atoms with Crippen LogP contribution in [0, 0.1) is 5.92 Å². The molecule has 0 N–H and O–H groups in total. The zero-order valence-corrected chi connectivity index (χ0v) is 9.96. The van der Waals surface area contributed by atoms with Crippen molar-refractivity contribution < 1.29 is 4.79 Å². The Bertz CT molecular complexity index is 423. The van der Waals surface area contributed by atoms with E-state index in [1.807, 2.05) is 18.1 Å². The summed E-state index contributed by atoms with van der Waals surface area (Å²) in [6.07, 6.45) is 4.19. The molecular weight excluding hydrogens is 216 g/mol. The quantitative estimate of drug-likeness (QED) is 0.734. The molecule has 0 aromatic carbocycles. The van der Waals surface area contributed by atoms with Gasteiger partial charge in [-0.3, -0.25) is 9.69 Å². The van der Waals surface area contributed by atoms with Gasteiger partial charge in [-0.2, -0.15) is 0 Å². The average molecular weight is 232 g/mol. The Hall–Kier alpha value is -1.49. The van der Waals surface area contributed by atoms with Gasteiger partial charge in [0.1, 0.15) is 6.33 Å². The SMILES string of the molecule is CN1CC(CN2Cc3cncnc3C2)CC1=O. The summed E-state index contributed by atoms with van der Waals surface area (Å²) in [5.41, 5.74) is 2.36. The molecular formula is C12H16N4O. The number of aromatic nitrogens is 2. The van der Waals surface area contributed by atoms with E-state index in [0.29, 0.717) is 12.3 Å². The fourth-order valence-electron chi connectivity index (χ4n) is 2.74. The van der Waals surface area contributed by atoms with Crippen molar-refractivity contribution in [3.8, 4) is 0 Å². The zero-order valence-electron chi connectivity index (χ0n) is 9.96. The van der Waals surface area contributed by atoms with Gasteiger partial charge in [-0.1, -0.05) is 0 Å². The standard InChI is InChI=1S/C12H16N4O/c1-15-4-9(2-12(15)17)5-16-6-10-3-13-8-14-11(10)7-16/h3,8-9H,2,4-7H2,1H3. The van der Waals surface area contributed by atoms with Crippen LogP contribution in [0.25, 0.3) is 0 Å². The zero-order chi connectivity index (χ0) is 11.8. The lowest BCUT2D eigenvalue weighted by molar-refractivity contribution is -0.126. The molecule has 0 saturated carbocycles. The number of amides is 1. The number of carbonyl (C=O) groups is 1. The van der Waals surface area contributed by atoms with Crippen LogP contribution in [0.1, 0.15) is 17.7 Å². The third-order valence-corrected chi connectivity index (χ3v) is 3.59. The van der Waals surface area contributed by atoms with Crippen molar-refractivity contribution in [3.63, 3.8) is 0 Å². The minimum Gasteiger partial charge on any atom is -0.345 e. The molecule has 2 aliphatic rings. The van der Waals surface area contributed by atoms with Crippen LogP contribution < -0.4 is 0 Å². The van der Waals surface area contributed by atoms with Crippen molar-refractivity contribution >= 4 is 5.91 Å². The van der Waals surface area contributed by atoms with Crippen LogP contribution in [0.2, 0.25) is 0 Å². The summed E-state index contributed by atoms with van der Waals surface area (Å²) >= 11 is 0. The lowest BCUT2D eigenvalue weighted by Crippen LogP contribution is -2.26. The minimum absolute atomic E-state index is 0.270. The summed E-state index contributed by atoms with van der Waals surface area (Å²) in [5.74, 6) is 0.737. The second-order valence-electron chi connectivity index (χ2n) is 5.01. The first-order valence-electron chi connectivity index (χ1n) is 5.96. The van der Waals surface area contributed by atoms with Crippen molar-refractivity contribution in [3.05, 3.63) is 23.8 Å². The smallest absolute Gasteiger partial charge is 0.222 e. The van der Waals surface area contributed by atoms with Crippen LogP contribution in [0.3, 0.4) is 0 Å². The van der Waals surface area contributed by atoms with E-state index in [1.54, 1.807) is 6.33 Å². The first kappa shape index (κ1) is 10.7. The van der Waals surface area contributed by atoms with Crippen LogP contribution in [0.4, 0.5) is 0 Å². The summed E-state index contributed by atoms with van der Waals surface area (Å²) < 4.78 is 0. The van der Waals surface area contributed by atoms with Crippen molar-refractivity contribution in [1.29, 1.82) is 0 Å². The van der Waals surface area contributed by atoms with Gasteiger partial charge in [-0.15, -0.1) is 0 Å². The van der Waals surface area contributed by atoms with Crippen LogP contribution in [0.15, 0.2) is 12.5 Å². The Balaban J connectivity index is 1.61. The van der Waals surface area contributed by atoms with Gasteiger partial charge >= 0.3 is 0 Å². The highest BCUT2D eigenvalue weighted by Crippen LogP contribution is 2.23. The van der Waals surface area contributed by atoms with Crippen LogP contribution in [-0.4, -0.2) is 45.8 Å². The maximum absolute atomic E-state index is 11.5. The van der Waals surface area contributed by atoms with Crippen LogP contribution in [0.5, 0.6) is 0 Å². The van der Waals surface area contributed by atoms with E-state index in [2.05, 4.69) is 14.9 Å². The van der Waals surface area contributed by atoms with Gasteiger partial charge in [-0.05, 0) is 5.92 Å². The molecule has 3 heterocycles. The molecule has 5 nitrogen and oxygen atoms in total. The molecule has 0 radical (unpaired) electrons. The maximum atomic E-state index is 11.5.